The molecule has 0 spiro atoms. The summed E-state index contributed by atoms with van der Waals surface area (Å²) in [6, 6.07) is 1.53. The first-order chi connectivity index (χ1) is 10.9. The van der Waals surface area contributed by atoms with Crippen LogP contribution >= 0.6 is 11.6 Å². The number of aliphatic carboxylic acids is 1. The first-order valence-corrected chi connectivity index (χ1v) is 8.06. The lowest BCUT2D eigenvalue weighted by atomic mass is 10.2. The van der Waals surface area contributed by atoms with Gasteiger partial charge < -0.3 is 15.2 Å². The number of halogens is 1. The third-order valence-electron chi connectivity index (χ3n) is 2.98. The van der Waals surface area contributed by atoms with E-state index in [1.54, 1.807) is 0 Å². The Morgan fingerprint density at radius 2 is 2.09 bits per heavy atom. The lowest BCUT2D eigenvalue weighted by Gasteiger charge is -2.10. The van der Waals surface area contributed by atoms with E-state index in [1.165, 1.54) is 12.3 Å². The van der Waals surface area contributed by atoms with Crippen molar-refractivity contribution in [1.29, 1.82) is 0 Å². The minimum absolute atomic E-state index is 0.158. The zero-order valence-corrected chi connectivity index (χ0v) is 14.2. The average molecular weight is 343 g/mol. The molecule has 0 fully saturated rings. The molecule has 128 valence electrons. The van der Waals surface area contributed by atoms with E-state index in [2.05, 4.69) is 10.3 Å². The molecule has 0 aliphatic heterocycles. The standard InChI is InChI=1S/C16H23ClN2O4/c1-11(2)10-23-16-13(17)8-12(9-19-16)15(22)18-7-5-3-4-6-14(20)21/h8-9,11H,3-7,10H2,1-2H3,(H,18,22)(H,20,21). The van der Waals surface area contributed by atoms with Crippen molar-refractivity contribution in [3.05, 3.63) is 22.8 Å². The molecule has 6 nitrogen and oxygen atoms in total. The van der Waals surface area contributed by atoms with Gasteiger partial charge in [0.15, 0.2) is 0 Å². The number of nitrogens with one attached hydrogen (secondary N) is 1. The van der Waals surface area contributed by atoms with Crippen LogP contribution in [-0.2, 0) is 4.79 Å². The third-order valence-corrected chi connectivity index (χ3v) is 3.25. The van der Waals surface area contributed by atoms with Gasteiger partial charge in [-0.1, -0.05) is 31.9 Å². The highest BCUT2D eigenvalue weighted by molar-refractivity contribution is 6.32. The van der Waals surface area contributed by atoms with Gasteiger partial charge in [-0.05, 0) is 24.8 Å². The second kappa shape index (κ2) is 10.0. The van der Waals surface area contributed by atoms with Crippen LogP contribution in [0.2, 0.25) is 5.02 Å². The molecule has 0 radical (unpaired) electrons. The fourth-order valence-electron chi connectivity index (χ4n) is 1.78. The van der Waals surface area contributed by atoms with Crippen LogP contribution in [0.4, 0.5) is 0 Å². The highest BCUT2D eigenvalue weighted by Crippen LogP contribution is 2.22. The van der Waals surface area contributed by atoms with Crippen LogP contribution in [0.15, 0.2) is 12.3 Å². The number of nitrogens with zero attached hydrogens (tertiary/aromatic N) is 1. The Morgan fingerprint density at radius 1 is 1.35 bits per heavy atom. The van der Waals surface area contributed by atoms with Crippen LogP contribution < -0.4 is 10.1 Å². The number of hydrogen-bond donors (Lipinski definition) is 2. The number of carbonyl (C=O) groups is 2. The molecule has 0 bridgehead atoms. The van der Waals surface area contributed by atoms with E-state index in [4.69, 9.17) is 21.4 Å². The normalized spacial score (nSPS) is 10.6. The molecule has 1 amide bonds. The fraction of sp³-hybridized carbons (Fsp3) is 0.562. The van der Waals surface area contributed by atoms with Crippen LogP contribution in [0.1, 0.15) is 49.9 Å². The first kappa shape index (κ1) is 19.2. The Hall–Kier alpha value is -1.82. The SMILES string of the molecule is CC(C)COc1ncc(C(=O)NCCCCCC(=O)O)cc1Cl. The van der Waals surface area contributed by atoms with Crippen molar-refractivity contribution >= 4 is 23.5 Å². The second-order valence-corrected chi connectivity index (χ2v) is 6.08. The van der Waals surface area contributed by atoms with E-state index in [1.807, 2.05) is 13.8 Å². The van der Waals surface area contributed by atoms with Crippen molar-refractivity contribution < 1.29 is 19.4 Å². The lowest BCUT2D eigenvalue weighted by Crippen LogP contribution is -2.24. The monoisotopic (exact) mass is 342 g/mol. The minimum atomic E-state index is -0.797. The molecule has 0 unspecified atom stereocenters. The number of rotatable bonds is 10. The van der Waals surface area contributed by atoms with Crippen LogP contribution in [0.5, 0.6) is 5.88 Å². The van der Waals surface area contributed by atoms with Crippen molar-refractivity contribution in [3.63, 3.8) is 0 Å². The van der Waals surface area contributed by atoms with Gasteiger partial charge in [0.05, 0.1) is 12.2 Å². The average Bonchev–Trinajstić information content (AvgIpc) is 2.48. The molecule has 0 aliphatic rings. The molecule has 0 saturated heterocycles. The summed E-state index contributed by atoms with van der Waals surface area (Å²) in [4.78, 5) is 26.4. The zero-order valence-electron chi connectivity index (χ0n) is 13.5. The van der Waals surface area contributed by atoms with Gasteiger partial charge >= 0.3 is 5.97 Å². The molecule has 7 heteroatoms. The molecule has 0 atom stereocenters. The molecular weight excluding hydrogens is 320 g/mol. The topological polar surface area (TPSA) is 88.5 Å². The van der Waals surface area contributed by atoms with E-state index < -0.39 is 5.97 Å². The Bertz CT molecular complexity index is 535. The maximum Gasteiger partial charge on any atom is 0.303 e. The predicted molar refractivity (Wildman–Crippen MR) is 88.0 cm³/mol. The summed E-state index contributed by atoms with van der Waals surface area (Å²) in [5.41, 5.74) is 0.373. The van der Waals surface area contributed by atoms with E-state index in [0.29, 0.717) is 42.0 Å². The number of hydrogen-bond acceptors (Lipinski definition) is 4. The zero-order chi connectivity index (χ0) is 17.2. The van der Waals surface area contributed by atoms with Gasteiger partial charge in [-0.3, -0.25) is 9.59 Å². The van der Waals surface area contributed by atoms with Gasteiger partial charge in [0.1, 0.15) is 5.02 Å². The molecule has 0 aliphatic carbocycles. The molecule has 1 aromatic heterocycles. The number of carboxylic acid groups (broad SMARTS) is 1. The van der Waals surface area contributed by atoms with Gasteiger partial charge in [0, 0.05) is 19.2 Å². The molecule has 1 aromatic rings. The molecule has 1 rings (SSSR count). The van der Waals surface area contributed by atoms with Crippen LogP contribution in [0.3, 0.4) is 0 Å². The quantitative estimate of drug-likeness (QED) is 0.638. The number of ether oxygens (including phenoxy) is 1. The Labute approximate surface area is 141 Å². The van der Waals surface area contributed by atoms with Crippen molar-refractivity contribution in [2.45, 2.75) is 39.5 Å². The number of amides is 1. The van der Waals surface area contributed by atoms with Gasteiger partial charge in [-0.15, -0.1) is 0 Å². The van der Waals surface area contributed by atoms with Gasteiger partial charge in [0.2, 0.25) is 5.88 Å². The molecule has 2 N–H and O–H groups in total. The molecule has 0 saturated carbocycles. The van der Waals surface area contributed by atoms with Crippen LogP contribution in [0.25, 0.3) is 0 Å². The van der Waals surface area contributed by atoms with E-state index in [0.717, 1.165) is 12.8 Å². The van der Waals surface area contributed by atoms with Gasteiger partial charge in [0.25, 0.3) is 5.91 Å². The van der Waals surface area contributed by atoms with Gasteiger partial charge in [-0.25, -0.2) is 4.98 Å². The number of carboxylic acids is 1. The Morgan fingerprint density at radius 3 is 2.70 bits per heavy atom. The van der Waals surface area contributed by atoms with Gasteiger partial charge in [-0.2, -0.15) is 0 Å². The van der Waals surface area contributed by atoms with Crippen molar-refractivity contribution in [2.75, 3.05) is 13.2 Å². The predicted octanol–water partition coefficient (Wildman–Crippen LogP) is 3.14. The van der Waals surface area contributed by atoms with E-state index >= 15 is 0 Å². The Kier molecular flexibility index (Phi) is 8.40. The van der Waals surface area contributed by atoms with Crippen LogP contribution in [0, 0.1) is 5.92 Å². The Balaban J connectivity index is 2.38. The first-order valence-electron chi connectivity index (χ1n) is 7.68. The van der Waals surface area contributed by atoms with Crippen molar-refractivity contribution in [2.24, 2.45) is 5.92 Å². The number of carbonyl (C=O) groups excluding carboxylic acids is 1. The maximum atomic E-state index is 12.0. The van der Waals surface area contributed by atoms with Crippen LogP contribution in [-0.4, -0.2) is 35.1 Å². The van der Waals surface area contributed by atoms with E-state index in [9.17, 15) is 9.59 Å². The number of pyridine rings is 1. The summed E-state index contributed by atoms with van der Waals surface area (Å²) < 4.78 is 5.45. The smallest absolute Gasteiger partial charge is 0.303 e. The molecule has 23 heavy (non-hydrogen) atoms. The summed E-state index contributed by atoms with van der Waals surface area (Å²) in [6.45, 7) is 5.04. The summed E-state index contributed by atoms with van der Waals surface area (Å²) >= 11 is 6.07. The maximum absolute atomic E-state index is 12.0. The number of aromatic nitrogens is 1. The summed E-state index contributed by atoms with van der Waals surface area (Å²) in [5, 5.41) is 11.6. The number of unbranched alkanes of at least 4 members (excludes halogenated alkanes) is 2. The molecule has 1 heterocycles. The second-order valence-electron chi connectivity index (χ2n) is 5.68. The minimum Gasteiger partial charge on any atom is -0.481 e. The summed E-state index contributed by atoms with van der Waals surface area (Å²) in [7, 11) is 0. The largest absolute Gasteiger partial charge is 0.481 e. The molecule has 0 aromatic carbocycles. The highest BCUT2D eigenvalue weighted by Gasteiger charge is 2.11. The lowest BCUT2D eigenvalue weighted by molar-refractivity contribution is -0.137. The summed E-state index contributed by atoms with van der Waals surface area (Å²) in [6.07, 6.45) is 3.69. The van der Waals surface area contributed by atoms with Crippen molar-refractivity contribution in [1.82, 2.24) is 10.3 Å². The van der Waals surface area contributed by atoms with Crippen molar-refractivity contribution in [3.8, 4) is 5.88 Å². The fourth-order valence-corrected chi connectivity index (χ4v) is 2.00. The summed E-state index contributed by atoms with van der Waals surface area (Å²) in [5.74, 6) is -0.370. The third kappa shape index (κ3) is 7.83. The molecular formula is C16H23ClN2O4. The van der Waals surface area contributed by atoms with E-state index in [-0.39, 0.29) is 12.3 Å². The highest BCUT2D eigenvalue weighted by atomic mass is 35.5.